The van der Waals surface area contributed by atoms with Gasteiger partial charge in [0.05, 0.1) is 4.99 Å². The van der Waals surface area contributed by atoms with E-state index in [1.54, 1.807) is 6.08 Å². The molecule has 0 bridgehead atoms. The number of thiocarbonyl (C=S) groups is 1. The summed E-state index contributed by atoms with van der Waals surface area (Å²) in [5, 5.41) is 0.679. The van der Waals surface area contributed by atoms with E-state index in [9.17, 15) is 0 Å². The summed E-state index contributed by atoms with van der Waals surface area (Å²) in [5.74, 6) is 0. The van der Waals surface area contributed by atoms with Gasteiger partial charge in [0.15, 0.2) is 0 Å². The lowest BCUT2D eigenvalue weighted by Gasteiger charge is -2.09. The number of rotatable bonds is 6. The Morgan fingerprint density at radius 1 is 1.41 bits per heavy atom. The molecule has 2 N–H and O–H groups in total. The molecule has 0 saturated carbocycles. The second kappa shape index (κ2) is 7.51. The molecule has 0 aliphatic heterocycles. The summed E-state index contributed by atoms with van der Waals surface area (Å²) in [7, 11) is 0. The Hall–Kier alpha value is -0.800. The van der Waals surface area contributed by atoms with Gasteiger partial charge in [0.1, 0.15) is 0 Å². The van der Waals surface area contributed by atoms with E-state index in [2.05, 4.69) is 38.1 Å². The predicted molar refractivity (Wildman–Crippen MR) is 82.5 cm³/mol. The molecule has 0 aliphatic rings. The lowest BCUT2D eigenvalue weighted by molar-refractivity contribution is 0.787. The van der Waals surface area contributed by atoms with E-state index in [1.165, 1.54) is 17.7 Å². The molecule has 1 nitrogen and oxygen atoms in total. The van der Waals surface area contributed by atoms with Gasteiger partial charge < -0.3 is 5.73 Å². The maximum absolute atomic E-state index is 5.41. The summed E-state index contributed by atoms with van der Waals surface area (Å²) < 4.78 is 0. The summed E-state index contributed by atoms with van der Waals surface area (Å²) in [6.07, 6.45) is 6.18. The topological polar surface area (TPSA) is 26.0 Å². The van der Waals surface area contributed by atoms with Crippen molar-refractivity contribution in [2.75, 3.05) is 0 Å². The Balaban J connectivity index is 2.58. The third-order valence-electron chi connectivity index (χ3n) is 2.35. The molecule has 1 atom stereocenters. The van der Waals surface area contributed by atoms with Crippen molar-refractivity contribution < 1.29 is 0 Å². The molecule has 0 aliphatic carbocycles. The van der Waals surface area contributed by atoms with Gasteiger partial charge in [-0.2, -0.15) is 0 Å². The summed E-state index contributed by atoms with van der Waals surface area (Å²) >= 11 is 6.72. The fourth-order valence-electron chi connectivity index (χ4n) is 1.53. The second-order valence-corrected chi connectivity index (χ2v) is 6.01. The lowest BCUT2D eigenvalue weighted by atomic mass is 10.2. The number of benzene rings is 1. The zero-order chi connectivity index (χ0) is 12.7. The molecule has 0 heterocycles. The van der Waals surface area contributed by atoms with Gasteiger partial charge in [-0.3, -0.25) is 0 Å². The minimum absolute atomic E-state index is 0.417. The van der Waals surface area contributed by atoms with Crippen LogP contribution in [0.3, 0.4) is 0 Å². The minimum atomic E-state index is 0.417. The molecule has 0 saturated heterocycles. The molecule has 1 rings (SSSR count). The highest BCUT2D eigenvalue weighted by Crippen LogP contribution is 2.26. The predicted octanol–water partition coefficient (Wildman–Crippen LogP) is 4.27. The van der Waals surface area contributed by atoms with Gasteiger partial charge in [-0.25, -0.2) is 0 Å². The summed E-state index contributed by atoms with van der Waals surface area (Å²) in [6.45, 7) is 4.50. The van der Waals surface area contributed by atoms with Crippen LogP contribution in [0.1, 0.15) is 32.3 Å². The van der Waals surface area contributed by atoms with Crippen molar-refractivity contribution in [3.63, 3.8) is 0 Å². The molecule has 0 radical (unpaired) electrons. The maximum atomic E-state index is 5.41. The van der Waals surface area contributed by atoms with E-state index in [1.807, 2.05) is 17.8 Å². The summed E-state index contributed by atoms with van der Waals surface area (Å²) in [4.78, 5) is 1.73. The number of hydrogen-bond acceptors (Lipinski definition) is 2. The third-order valence-corrected chi connectivity index (χ3v) is 3.67. The molecule has 1 aromatic rings. The zero-order valence-corrected chi connectivity index (χ0v) is 12.0. The highest BCUT2D eigenvalue weighted by molar-refractivity contribution is 7.99. The van der Waals surface area contributed by atoms with Crippen molar-refractivity contribution in [1.29, 1.82) is 0 Å². The zero-order valence-electron chi connectivity index (χ0n) is 10.3. The van der Waals surface area contributed by atoms with Crippen LogP contribution in [-0.4, -0.2) is 10.2 Å². The Morgan fingerprint density at radius 3 is 2.59 bits per heavy atom. The van der Waals surface area contributed by atoms with Crippen LogP contribution in [0.15, 0.2) is 35.2 Å². The van der Waals surface area contributed by atoms with E-state index in [-0.39, 0.29) is 0 Å². The average Bonchev–Trinajstić information content (AvgIpc) is 2.28. The van der Waals surface area contributed by atoms with Crippen LogP contribution >= 0.6 is 24.0 Å². The van der Waals surface area contributed by atoms with Crippen LogP contribution in [0.2, 0.25) is 0 Å². The van der Waals surface area contributed by atoms with E-state index in [0.29, 0.717) is 10.2 Å². The Kier molecular flexibility index (Phi) is 6.30. The molecule has 0 fully saturated rings. The van der Waals surface area contributed by atoms with Crippen molar-refractivity contribution in [3.05, 3.63) is 35.9 Å². The molecule has 1 aromatic carbocycles. The standard InChI is InChI=1S/C14H19NS2/c1-3-4-11(2)17-13-8-5-12(6-9-13)7-10-14(15)16/h5-11H,3-4H2,1-2H3,(H2,15,16)/b10-7+. The van der Waals surface area contributed by atoms with Gasteiger partial charge in [-0.05, 0) is 30.2 Å². The number of hydrogen-bond donors (Lipinski definition) is 1. The van der Waals surface area contributed by atoms with Crippen molar-refractivity contribution in [1.82, 2.24) is 0 Å². The van der Waals surface area contributed by atoms with Gasteiger partial charge in [0.25, 0.3) is 0 Å². The Labute approximate surface area is 113 Å². The van der Waals surface area contributed by atoms with Crippen LogP contribution in [0.4, 0.5) is 0 Å². The first kappa shape index (κ1) is 14.3. The first-order chi connectivity index (χ1) is 8.11. The van der Waals surface area contributed by atoms with E-state index in [0.717, 1.165) is 5.56 Å². The molecular weight excluding hydrogens is 246 g/mol. The SMILES string of the molecule is CCCC(C)Sc1ccc(/C=C/C(N)=S)cc1. The normalized spacial score (nSPS) is 12.8. The van der Waals surface area contributed by atoms with Gasteiger partial charge in [-0.15, -0.1) is 11.8 Å². The van der Waals surface area contributed by atoms with Crippen molar-refractivity contribution >= 4 is 35.0 Å². The van der Waals surface area contributed by atoms with E-state index < -0.39 is 0 Å². The molecular formula is C14H19NS2. The van der Waals surface area contributed by atoms with Gasteiger partial charge >= 0.3 is 0 Å². The van der Waals surface area contributed by atoms with Crippen molar-refractivity contribution in [2.45, 2.75) is 36.8 Å². The molecule has 0 aromatic heterocycles. The second-order valence-electron chi connectivity index (χ2n) is 4.02. The molecule has 17 heavy (non-hydrogen) atoms. The highest BCUT2D eigenvalue weighted by Gasteiger charge is 2.02. The molecule has 0 amide bonds. The largest absolute Gasteiger partial charge is 0.390 e. The van der Waals surface area contributed by atoms with E-state index >= 15 is 0 Å². The third kappa shape index (κ3) is 5.89. The molecule has 0 spiro atoms. The smallest absolute Gasteiger partial charge is 0.0962 e. The van der Waals surface area contributed by atoms with Crippen LogP contribution in [0.5, 0.6) is 0 Å². The number of thioether (sulfide) groups is 1. The van der Waals surface area contributed by atoms with Crippen molar-refractivity contribution in [2.24, 2.45) is 5.73 Å². The quantitative estimate of drug-likeness (QED) is 0.472. The monoisotopic (exact) mass is 265 g/mol. The van der Waals surface area contributed by atoms with Crippen LogP contribution in [0, 0.1) is 0 Å². The first-order valence-corrected chi connectivity index (χ1v) is 7.15. The Bertz CT molecular complexity index is 382. The van der Waals surface area contributed by atoms with Gasteiger partial charge in [-0.1, -0.05) is 50.7 Å². The lowest BCUT2D eigenvalue weighted by Crippen LogP contribution is -2.01. The van der Waals surface area contributed by atoms with Crippen LogP contribution in [-0.2, 0) is 0 Å². The summed E-state index contributed by atoms with van der Waals surface area (Å²) in [5.41, 5.74) is 6.54. The molecule has 3 heteroatoms. The first-order valence-electron chi connectivity index (χ1n) is 5.86. The van der Waals surface area contributed by atoms with Gasteiger partial charge in [0.2, 0.25) is 0 Å². The number of nitrogens with two attached hydrogens (primary N) is 1. The average molecular weight is 265 g/mol. The fraction of sp³-hybridized carbons (Fsp3) is 0.357. The van der Waals surface area contributed by atoms with Crippen molar-refractivity contribution in [3.8, 4) is 0 Å². The maximum Gasteiger partial charge on any atom is 0.0962 e. The molecule has 92 valence electrons. The Morgan fingerprint density at radius 2 is 2.06 bits per heavy atom. The van der Waals surface area contributed by atoms with Crippen LogP contribution in [0.25, 0.3) is 6.08 Å². The van der Waals surface area contributed by atoms with Gasteiger partial charge in [0, 0.05) is 10.1 Å². The summed E-state index contributed by atoms with van der Waals surface area (Å²) in [6, 6.07) is 8.48. The van der Waals surface area contributed by atoms with E-state index in [4.69, 9.17) is 18.0 Å². The minimum Gasteiger partial charge on any atom is -0.390 e. The fourth-order valence-corrected chi connectivity index (χ4v) is 2.71. The highest BCUT2D eigenvalue weighted by atomic mass is 32.2. The van der Waals surface area contributed by atoms with Crippen LogP contribution < -0.4 is 5.73 Å². The molecule has 1 unspecified atom stereocenters.